The lowest BCUT2D eigenvalue weighted by Crippen LogP contribution is -2.20. The first kappa shape index (κ1) is 22.0. The van der Waals surface area contributed by atoms with Crippen LogP contribution >= 0.6 is 0 Å². The van der Waals surface area contributed by atoms with E-state index >= 15 is 0 Å². The average molecular weight is 442 g/mol. The van der Waals surface area contributed by atoms with Gasteiger partial charge >= 0.3 is 0 Å². The van der Waals surface area contributed by atoms with E-state index in [4.69, 9.17) is 14.2 Å². The summed E-state index contributed by atoms with van der Waals surface area (Å²) in [5.41, 5.74) is 0.913. The molecule has 0 heterocycles. The third-order valence-corrected chi connectivity index (χ3v) is 5.61. The number of para-hydroxylation sites is 1. The van der Waals surface area contributed by atoms with Crippen molar-refractivity contribution in [2.45, 2.75) is 4.90 Å². The molecular formula is C22H22N2O6S. The summed E-state index contributed by atoms with van der Waals surface area (Å²) in [7, 11) is -0.707. The molecule has 0 aliphatic rings. The molecule has 0 saturated carbocycles. The standard InChI is InChI=1S/C22H22N2O6S/c1-28-18-10-13-21(29-2)20(14-18)23-22(25)15-30-17-8-11-19(12-9-17)31(26,27)24-16-6-4-3-5-7-16/h3-14,24H,15H2,1-2H3,(H,23,25). The second-order valence-electron chi connectivity index (χ2n) is 6.35. The van der Waals surface area contributed by atoms with Crippen LogP contribution in [0.1, 0.15) is 0 Å². The maximum absolute atomic E-state index is 12.5. The Balaban J connectivity index is 1.60. The fraction of sp³-hybridized carbons (Fsp3) is 0.136. The molecule has 0 atom stereocenters. The van der Waals surface area contributed by atoms with E-state index in [-0.39, 0.29) is 11.5 Å². The molecule has 162 valence electrons. The van der Waals surface area contributed by atoms with E-state index in [2.05, 4.69) is 10.0 Å². The van der Waals surface area contributed by atoms with Crippen molar-refractivity contribution in [1.29, 1.82) is 0 Å². The quantitative estimate of drug-likeness (QED) is 0.526. The minimum Gasteiger partial charge on any atom is -0.497 e. The fourth-order valence-electron chi connectivity index (χ4n) is 2.68. The van der Waals surface area contributed by atoms with Crippen molar-refractivity contribution in [2.75, 3.05) is 30.9 Å². The number of sulfonamides is 1. The SMILES string of the molecule is COc1ccc(OC)c(NC(=O)COc2ccc(S(=O)(=O)Nc3ccccc3)cc2)c1. The van der Waals surface area contributed by atoms with Crippen molar-refractivity contribution in [3.63, 3.8) is 0 Å². The maximum atomic E-state index is 12.5. The van der Waals surface area contributed by atoms with Crippen LogP contribution in [-0.2, 0) is 14.8 Å². The Morgan fingerprint density at radius 3 is 2.19 bits per heavy atom. The second kappa shape index (κ2) is 9.86. The number of amides is 1. The first-order valence-electron chi connectivity index (χ1n) is 9.24. The zero-order valence-corrected chi connectivity index (χ0v) is 17.8. The molecule has 31 heavy (non-hydrogen) atoms. The predicted molar refractivity (Wildman–Crippen MR) is 117 cm³/mol. The van der Waals surface area contributed by atoms with Gasteiger partial charge in [-0.2, -0.15) is 0 Å². The smallest absolute Gasteiger partial charge is 0.262 e. The van der Waals surface area contributed by atoms with Crippen LogP contribution in [0.3, 0.4) is 0 Å². The summed E-state index contributed by atoms with van der Waals surface area (Å²) >= 11 is 0. The number of benzene rings is 3. The Bertz CT molecular complexity index is 1130. The molecule has 0 unspecified atom stereocenters. The normalized spacial score (nSPS) is 10.8. The first-order chi connectivity index (χ1) is 14.9. The average Bonchev–Trinajstić information content (AvgIpc) is 2.78. The number of methoxy groups -OCH3 is 2. The predicted octanol–water partition coefficient (Wildman–Crippen LogP) is 3.52. The maximum Gasteiger partial charge on any atom is 0.262 e. The molecule has 0 aromatic heterocycles. The van der Waals surface area contributed by atoms with Crippen LogP contribution in [0.2, 0.25) is 0 Å². The van der Waals surface area contributed by atoms with E-state index in [1.807, 2.05) is 0 Å². The van der Waals surface area contributed by atoms with Crippen molar-refractivity contribution in [3.05, 3.63) is 72.8 Å². The number of nitrogens with one attached hydrogen (secondary N) is 2. The first-order valence-corrected chi connectivity index (χ1v) is 10.7. The van der Waals surface area contributed by atoms with E-state index < -0.39 is 15.9 Å². The van der Waals surface area contributed by atoms with Gasteiger partial charge < -0.3 is 19.5 Å². The molecule has 3 aromatic rings. The molecule has 3 rings (SSSR count). The van der Waals surface area contributed by atoms with Gasteiger partial charge in [-0.3, -0.25) is 9.52 Å². The van der Waals surface area contributed by atoms with Crippen LogP contribution in [0, 0.1) is 0 Å². The summed E-state index contributed by atoms with van der Waals surface area (Å²) in [6.45, 7) is -0.269. The van der Waals surface area contributed by atoms with E-state index in [1.54, 1.807) is 48.5 Å². The number of rotatable bonds is 9. The van der Waals surface area contributed by atoms with Crippen LogP contribution in [0.4, 0.5) is 11.4 Å². The van der Waals surface area contributed by atoms with Crippen LogP contribution in [0.25, 0.3) is 0 Å². The number of ether oxygens (including phenoxy) is 3. The van der Waals surface area contributed by atoms with Crippen molar-refractivity contribution >= 4 is 27.3 Å². The minimum absolute atomic E-state index is 0.0780. The molecule has 3 aromatic carbocycles. The number of carbonyl (C=O) groups is 1. The van der Waals surface area contributed by atoms with Gasteiger partial charge in [0.2, 0.25) is 0 Å². The number of hydrogen-bond acceptors (Lipinski definition) is 6. The van der Waals surface area contributed by atoms with Gasteiger partial charge in [0.1, 0.15) is 17.2 Å². The number of carbonyl (C=O) groups excluding carboxylic acids is 1. The Labute approximate surface area is 180 Å². The van der Waals surface area contributed by atoms with Crippen molar-refractivity contribution in [1.82, 2.24) is 0 Å². The van der Waals surface area contributed by atoms with Gasteiger partial charge in [0.25, 0.3) is 15.9 Å². The highest BCUT2D eigenvalue weighted by atomic mass is 32.2. The Morgan fingerprint density at radius 2 is 1.55 bits per heavy atom. The van der Waals surface area contributed by atoms with Gasteiger partial charge in [0.15, 0.2) is 6.61 Å². The summed E-state index contributed by atoms with van der Waals surface area (Å²) in [6, 6.07) is 19.4. The van der Waals surface area contributed by atoms with Gasteiger partial charge in [-0.05, 0) is 48.5 Å². The fourth-order valence-corrected chi connectivity index (χ4v) is 3.74. The van der Waals surface area contributed by atoms with Gasteiger partial charge in [-0.1, -0.05) is 18.2 Å². The highest BCUT2D eigenvalue weighted by Gasteiger charge is 2.15. The third-order valence-electron chi connectivity index (χ3n) is 4.21. The zero-order chi connectivity index (χ0) is 22.3. The van der Waals surface area contributed by atoms with Crippen LogP contribution in [0.15, 0.2) is 77.7 Å². The van der Waals surface area contributed by atoms with Crippen molar-refractivity contribution in [3.8, 4) is 17.2 Å². The van der Waals surface area contributed by atoms with Gasteiger partial charge in [-0.15, -0.1) is 0 Å². The molecule has 2 N–H and O–H groups in total. The number of hydrogen-bond donors (Lipinski definition) is 2. The minimum atomic E-state index is -3.73. The largest absolute Gasteiger partial charge is 0.497 e. The Hall–Kier alpha value is -3.72. The molecular weight excluding hydrogens is 420 g/mol. The third kappa shape index (κ3) is 5.89. The monoisotopic (exact) mass is 442 g/mol. The molecule has 0 fully saturated rings. The Morgan fingerprint density at radius 1 is 0.871 bits per heavy atom. The molecule has 0 aliphatic heterocycles. The van der Waals surface area contributed by atoms with Crippen LogP contribution < -0.4 is 24.2 Å². The summed E-state index contributed by atoms with van der Waals surface area (Å²) in [5.74, 6) is 0.993. The zero-order valence-electron chi connectivity index (χ0n) is 17.0. The van der Waals surface area contributed by atoms with Gasteiger partial charge in [-0.25, -0.2) is 8.42 Å². The molecule has 0 aliphatic carbocycles. The van der Waals surface area contributed by atoms with Crippen molar-refractivity contribution < 1.29 is 27.4 Å². The lowest BCUT2D eigenvalue weighted by molar-refractivity contribution is -0.118. The van der Waals surface area contributed by atoms with E-state index in [1.165, 1.54) is 38.5 Å². The van der Waals surface area contributed by atoms with E-state index in [0.29, 0.717) is 28.6 Å². The van der Waals surface area contributed by atoms with Gasteiger partial charge in [0, 0.05) is 11.8 Å². The molecule has 0 radical (unpaired) electrons. The Kier molecular flexibility index (Phi) is 6.99. The van der Waals surface area contributed by atoms with E-state index in [0.717, 1.165) is 0 Å². The highest BCUT2D eigenvalue weighted by Crippen LogP contribution is 2.28. The molecule has 0 saturated heterocycles. The van der Waals surface area contributed by atoms with Crippen LogP contribution in [0.5, 0.6) is 17.2 Å². The van der Waals surface area contributed by atoms with Gasteiger partial charge in [0.05, 0.1) is 24.8 Å². The molecule has 1 amide bonds. The van der Waals surface area contributed by atoms with E-state index in [9.17, 15) is 13.2 Å². The molecule has 0 bridgehead atoms. The number of anilines is 2. The summed E-state index contributed by atoms with van der Waals surface area (Å²) in [5, 5.41) is 2.69. The molecule has 8 nitrogen and oxygen atoms in total. The summed E-state index contributed by atoms with van der Waals surface area (Å²) < 4.78 is 43.2. The second-order valence-corrected chi connectivity index (χ2v) is 8.03. The molecule has 0 spiro atoms. The lowest BCUT2D eigenvalue weighted by Gasteiger charge is -2.12. The summed E-state index contributed by atoms with van der Waals surface area (Å²) in [6.07, 6.45) is 0. The van der Waals surface area contributed by atoms with Crippen LogP contribution in [-0.4, -0.2) is 35.2 Å². The highest BCUT2D eigenvalue weighted by molar-refractivity contribution is 7.92. The summed E-state index contributed by atoms with van der Waals surface area (Å²) in [4.78, 5) is 12.3. The lowest BCUT2D eigenvalue weighted by atomic mass is 10.2. The van der Waals surface area contributed by atoms with Crippen molar-refractivity contribution in [2.24, 2.45) is 0 Å². The molecule has 9 heteroatoms. The topological polar surface area (TPSA) is 103 Å².